The first-order chi connectivity index (χ1) is 7.83. The zero-order valence-electron chi connectivity index (χ0n) is 8.61. The van der Waals surface area contributed by atoms with Crippen molar-refractivity contribution in [2.75, 3.05) is 12.4 Å². The van der Waals surface area contributed by atoms with Crippen molar-refractivity contribution in [3.05, 3.63) is 30.2 Å². The number of halogens is 1. The van der Waals surface area contributed by atoms with E-state index in [1.165, 1.54) is 0 Å². The van der Waals surface area contributed by atoms with Crippen LogP contribution >= 0.6 is 11.6 Å². The Labute approximate surface area is 97.4 Å². The minimum Gasteiger partial charge on any atom is -0.495 e. The monoisotopic (exact) mass is 239 g/mol. The van der Waals surface area contributed by atoms with Gasteiger partial charge in [0.05, 0.1) is 12.8 Å². The van der Waals surface area contributed by atoms with Crippen molar-refractivity contribution in [2.24, 2.45) is 0 Å². The predicted octanol–water partition coefficient (Wildman–Crippen LogP) is 2.56. The number of hydrogen-bond acceptors (Lipinski definition) is 5. The second-order valence-electron chi connectivity index (χ2n) is 2.96. The van der Waals surface area contributed by atoms with Crippen molar-refractivity contribution in [1.82, 2.24) is 10.2 Å². The number of para-hydroxylation sites is 2. The smallest absolute Gasteiger partial charge is 0.320 e. The van der Waals surface area contributed by atoms with E-state index < -0.39 is 0 Å². The molecule has 0 aliphatic heterocycles. The van der Waals surface area contributed by atoms with Gasteiger partial charge in [-0.2, -0.15) is 0 Å². The van der Waals surface area contributed by atoms with Crippen LogP contribution in [0.1, 0.15) is 5.89 Å². The molecule has 0 spiro atoms. The summed E-state index contributed by atoms with van der Waals surface area (Å²) < 4.78 is 10.4. The lowest BCUT2D eigenvalue weighted by atomic mass is 10.3. The third-order valence-electron chi connectivity index (χ3n) is 1.93. The van der Waals surface area contributed by atoms with Gasteiger partial charge < -0.3 is 14.5 Å². The number of methoxy groups -OCH3 is 1. The summed E-state index contributed by atoms with van der Waals surface area (Å²) in [4.78, 5) is 0. The van der Waals surface area contributed by atoms with Gasteiger partial charge in [-0.3, -0.25) is 0 Å². The molecule has 0 amide bonds. The molecule has 1 aromatic heterocycles. The molecular formula is C10H10ClN3O2. The molecule has 0 unspecified atom stereocenters. The van der Waals surface area contributed by atoms with E-state index in [-0.39, 0.29) is 5.88 Å². The third-order valence-corrected chi connectivity index (χ3v) is 2.16. The highest BCUT2D eigenvalue weighted by atomic mass is 35.5. The van der Waals surface area contributed by atoms with E-state index in [4.69, 9.17) is 20.8 Å². The lowest BCUT2D eigenvalue weighted by Crippen LogP contribution is -1.94. The van der Waals surface area contributed by atoms with E-state index in [1.807, 2.05) is 24.3 Å². The van der Waals surface area contributed by atoms with Gasteiger partial charge in [-0.15, -0.1) is 16.7 Å². The fraction of sp³-hybridized carbons (Fsp3) is 0.200. The molecule has 0 atom stereocenters. The molecule has 2 rings (SSSR count). The van der Waals surface area contributed by atoms with Crippen LogP contribution in [0.4, 0.5) is 11.7 Å². The molecule has 1 N–H and O–H groups in total. The molecular weight excluding hydrogens is 230 g/mol. The standard InChI is InChI=1S/C10H10ClN3O2/c1-15-8-5-3-2-4-7(8)12-10-14-13-9(6-11)16-10/h2-5H,6H2,1H3,(H,12,14). The summed E-state index contributed by atoms with van der Waals surface area (Å²) in [6, 6.07) is 7.73. The van der Waals surface area contributed by atoms with Crippen LogP contribution < -0.4 is 10.1 Å². The number of anilines is 2. The normalized spacial score (nSPS) is 10.1. The Morgan fingerprint density at radius 3 is 2.88 bits per heavy atom. The SMILES string of the molecule is COc1ccccc1Nc1nnc(CCl)o1. The van der Waals surface area contributed by atoms with Crippen LogP contribution in [-0.2, 0) is 5.88 Å². The fourth-order valence-corrected chi connectivity index (χ4v) is 1.33. The number of alkyl halides is 1. The zero-order chi connectivity index (χ0) is 11.4. The molecule has 5 nitrogen and oxygen atoms in total. The second kappa shape index (κ2) is 4.85. The summed E-state index contributed by atoms with van der Waals surface area (Å²) in [5.41, 5.74) is 0.759. The molecule has 0 fully saturated rings. The first-order valence-corrected chi connectivity index (χ1v) is 5.15. The van der Waals surface area contributed by atoms with Gasteiger partial charge in [0.25, 0.3) is 0 Å². The van der Waals surface area contributed by atoms with Crippen LogP contribution in [0, 0.1) is 0 Å². The molecule has 0 aliphatic rings. The Hall–Kier alpha value is -1.75. The molecule has 0 aliphatic carbocycles. The maximum absolute atomic E-state index is 5.55. The lowest BCUT2D eigenvalue weighted by molar-refractivity contribution is 0.416. The summed E-state index contributed by atoms with van der Waals surface area (Å²) in [6.07, 6.45) is 0. The van der Waals surface area contributed by atoms with Crippen LogP contribution in [0.25, 0.3) is 0 Å². The Balaban J connectivity index is 2.19. The van der Waals surface area contributed by atoms with E-state index in [0.717, 1.165) is 5.69 Å². The van der Waals surface area contributed by atoms with Crippen LogP contribution in [0.3, 0.4) is 0 Å². The predicted molar refractivity (Wildman–Crippen MR) is 60.1 cm³/mol. The third kappa shape index (κ3) is 2.25. The summed E-state index contributed by atoms with van der Waals surface area (Å²) in [6.45, 7) is 0. The zero-order valence-corrected chi connectivity index (χ0v) is 9.36. The highest BCUT2D eigenvalue weighted by Crippen LogP contribution is 2.26. The Bertz CT molecular complexity index is 473. The van der Waals surface area contributed by atoms with Gasteiger partial charge >= 0.3 is 6.01 Å². The molecule has 84 valence electrons. The number of hydrogen-bond donors (Lipinski definition) is 1. The average Bonchev–Trinajstić information content (AvgIpc) is 2.77. The maximum Gasteiger partial charge on any atom is 0.320 e. The first kappa shape index (κ1) is 10.8. The number of ether oxygens (including phenoxy) is 1. The van der Waals surface area contributed by atoms with Crippen molar-refractivity contribution < 1.29 is 9.15 Å². The summed E-state index contributed by atoms with van der Waals surface area (Å²) in [5, 5.41) is 10.5. The molecule has 1 aromatic carbocycles. The molecule has 16 heavy (non-hydrogen) atoms. The van der Waals surface area contributed by atoms with E-state index in [2.05, 4.69) is 15.5 Å². The van der Waals surface area contributed by atoms with Gasteiger partial charge in [0.2, 0.25) is 5.89 Å². The summed E-state index contributed by atoms with van der Waals surface area (Å²) >= 11 is 5.55. The first-order valence-electron chi connectivity index (χ1n) is 4.62. The van der Waals surface area contributed by atoms with Gasteiger partial charge in [-0.05, 0) is 12.1 Å². The molecule has 2 aromatic rings. The van der Waals surface area contributed by atoms with Crippen LogP contribution in [0.15, 0.2) is 28.7 Å². The quantitative estimate of drug-likeness (QED) is 0.831. The highest BCUT2D eigenvalue weighted by Gasteiger charge is 2.07. The number of benzene rings is 1. The van der Waals surface area contributed by atoms with Crippen molar-refractivity contribution in [3.63, 3.8) is 0 Å². The summed E-state index contributed by atoms with van der Waals surface area (Å²) in [5.74, 6) is 1.27. The second-order valence-corrected chi connectivity index (χ2v) is 3.23. The number of rotatable bonds is 4. The van der Waals surface area contributed by atoms with Gasteiger partial charge in [0, 0.05) is 0 Å². The van der Waals surface area contributed by atoms with E-state index in [0.29, 0.717) is 17.7 Å². The fourth-order valence-electron chi connectivity index (χ4n) is 1.22. The van der Waals surface area contributed by atoms with Gasteiger partial charge in [0.1, 0.15) is 11.6 Å². The van der Waals surface area contributed by atoms with Crippen molar-refractivity contribution >= 4 is 23.3 Å². The Morgan fingerprint density at radius 2 is 2.19 bits per heavy atom. The molecule has 0 bridgehead atoms. The molecule has 0 saturated carbocycles. The minimum absolute atomic E-state index is 0.195. The van der Waals surface area contributed by atoms with Gasteiger partial charge in [-0.1, -0.05) is 17.2 Å². The Kier molecular flexibility index (Phi) is 3.26. The van der Waals surface area contributed by atoms with Gasteiger partial charge in [-0.25, -0.2) is 0 Å². The minimum atomic E-state index is 0.195. The molecule has 0 radical (unpaired) electrons. The van der Waals surface area contributed by atoms with E-state index >= 15 is 0 Å². The van der Waals surface area contributed by atoms with E-state index in [1.54, 1.807) is 7.11 Å². The number of nitrogens with zero attached hydrogens (tertiary/aromatic N) is 2. The highest BCUT2D eigenvalue weighted by molar-refractivity contribution is 6.16. The lowest BCUT2D eigenvalue weighted by Gasteiger charge is -2.06. The summed E-state index contributed by atoms with van der Waals surface area (Å²) in [7, 11) is 1.60. The van der Waals surface area contributed by atoms with Crippen LogP contribution in [0.5, 0.6) is 5.75 Å². The van der Waals surface area contributed by atoms with Crippen molar-refractivity contribution in [1.29, 1.82) is 0 Å². The number of aromatic nitrogens is 2. The average molecular weight is 240 g/mol. The Morgan fingerprint density at radius 1 is 1.38 bits per heavy atom. The number of nitrogens with one attached hydrogen (secondary N) is 1. The topological polar surface area (TPSA) is 60.2 Å². The van der Waals surface area contributed by atoms with Crippen LogP contribution in [-0.4, -0.2) is 17.3 Å². The van der Waals surface area contributed by atoms with Crippen molar-refractivity contribution in [3.8, 4) is 5.75 Å². The van der Waals surface area contributed by atoms with Crippen LogP contribution in [0.2, 0.25) is 0 Å². The maximum atomic E-state index is 5.55. The largest absolute Gasteiger partial charge is 0.495 e. The van der Waals surface area contributed by atoms with Crippen molar-refractivity contribution in [2.45, 2.75) is 5.88 Å². The molecule has 0 saturated heterocycles. The van der Waals surface area contributed by atoms with Gasteiger partial charge in [0.15, 0.2) is 0 Å². The van der Waals surface area contributed by atoms with E-state index in [9.17, 15) is 0 Å². The molecule has 1 heterocycles. The molecule has 6 heteroatoms.